The molecule has 0 aliphatic heterocycles. The van der Waals surface area contributed by atoms with Crippen molar-refractivity contribution >= 4 is 36.4 Å². The number of hydrogen-bond donors (Lipinski definition) is 5. The van der Waals surface area contributed by atoms with E-state index in [1.165, 1.54) is 13.8 Å². The van der Waals surface area contributed by atoms with Crippen LogP contribution in [0.15, 0.2) is 0 Å². The zero-order valence-electron chi connectivity index (χ0n) is 14.4. The van der Waals surface area contributed by atoms with Crippen LogP contribution in [-0.4, -0.2) is 65.5 Å². The fourth-order valence-electron chi connectivity index (χ4n) is 1.73. The van der Waals surface area contributed by atoms with E-state index in [0.717, 1.165) is 0 Å². The van der Waals surface area contributed by atoms with Gasteiger partial charge in [-0.1, -0.05) is 13.8 Å². The molecular formula is C15H26N2O7S. The minimum Gasteiger partial charge on any atom is -0.481 e. The maximum atomic E-state index is 12.3. The van der Waals surface area contributed by atoms with Crippen LogP contribution in [0.4, 0.5) is 0 Å². The Bertz CT molecular complexity index is 483. The molecule has 0 aromatic heterocycles. The molecule has 0 aliphatic rings. The number of hydrogen-bond acceptors (Lipinski definition) is 7. The normalized spacial score (nSPS) is 12.2. The van der Waals surface area contributed by atoms with Crippen LogP contribution in [0.2, 0.25) is 0 Å². The van der Waals surface area contributed by atoms with E-state index in [1.54, 1.807) is 0 Å². The number of nitrogens with one attached hydrogen (secondary N) is 2. The third kappa shape index (κ3) is 9.92. The topological polar surface area (TPSA) is 142 Å². The van der Waals surface area contributed by atoms with Crippen LogP contribution < -0.4 is 10.6 Å². The van der Waals surface area contributed by atoms with E-state index >= 15 is 0 Å². The molecule has 0 spiro atoms. The summed E-state index contributed by atoms with van der Waals surface area (Å²) >= 11 is 3.96. The number of carbonyl (C=O) groups is 4. The first kappa shape index (κ1) is 23.2. The van der Waals surface area contributed by atoms with Gasteiger partial charge in [0.05, 0.1) is 19.4 Å². The number of aliphatic carboxylic acids is 1. The van der Waals surface area contributed by atoms with Gasteiger partial charge in [-0.05, 0) is 0 Å². The fraction of sp³-hybridized carbons (Fsp3) is 0.733. The van der Waals surface area contributed by atoms with Crippen molar-refractivity contribution in [3.05, 3.63) is 0 Å². The minimum absolute atomic E-state index is 0.0297. The Labute approximate surface area is 151 Å². The lowest BCUT2D eigenvalue weighted by Crippen LogP contribution is -2.48. The molecule has 0 bridgehead atoms. The predicted octanol–water partition coefficient (Wildman–Crippen LogP) is -0.666. The first-order valence-electron chi connectivity index (χ1n) is 7.81. The molecule has 0 saturated carbocycles. The van der Waals surface area contributed by atoms with Crippen LogP contribution in [0.5, 0.6) is 0 Å². The van der Waals surface area contributed by atoms with Gasteiger partial charge in [0.1, 0.15) is 0 Å². The summed E-state index contributed by atoms with van der Waals surface area (Å²) in [5, 5.41) is 23.1. The molecule has 0 heterocycles. The lowest BCUT2D eigenvalue weighted by Gasteiger charge is -2.31. The van der Waals surface area contributed by atoms with Crippen molar-refractivity contribution in [2.75, 3.05) is 25.4 Å². The van der Waals surface area contributed by atoms with Crippen molar-refractivity contribution in [1.82, 2.24) is 10.6 Å². The molecule has 1 atom stereocenters. The maximum Gasteiger partial charge on any atom is 0.307 e. The summed E-state index contributed by atoms with van der Waals surface area (Å²) in [6, 6.07) is 0. The predicted molar refractivity (Wildman–Crippen MR) is 92.1 cm³/mol. The van der Waals surface area contributed by atoms with Crippen molar-refractivity contribution in [2.24, 2.45) is 5.41 Å². The molecule has 0 aliphatic carbocycles. The maximum absolute atomic E-state index is 12.3. The highest BCUT2D eigenvalue weighted by molar-refractivity contribution is 7.80. The van der Waals surface area contributed by atoms with Crippen LogP contribution in [0.1, 0.15) is 33.1 Å². The Morgan fingerprint density at radius 2 is 1.72 bits per heavy atom. The lowest BCUT2D eigenvalue weighted by molar-refractivity contribution is -0.166. The monoisotopic (exact) mass is 378 g/mol. The molecule has 0 rings (SSSR count). The highest BCUT2D eigenvalue weighted by Crippen LogP contribution is 2.23. The van der Waals surface area contributed by atoms with E-state index in [9.17, 15) is 24.3 Å². The number of rotatable bonds is 12. The van der Waals surface area contributed by atoms with Gasteiger partial charge in [0.15, 0.2) is 6.10 Å². The number of carboxylic acids is 1. The first-order valence-corrected chi connectivity index (χ1v) is 8.44. The second-order valence-electron chi connectivity index (χ2n) is 6.02. The van der Waals surface area contributed by atoms with Crippen LogP contribution in [0.3, 0.4) is 0 Å². The van der Waals surface area contributed by atoms with E-state index in [4.69, 9.17) is 9.84 Å². The number of carbonyl (C=O) groups excluding carboxylic acids is 3. The largest absolute Gasteiger partial charge is 0.481 e. The van der Waals surface area contributed by atoms with Crippen molar-refractivity contribution in [3.63, 3.8) is 0 Å². The van der Waals surface area contributed by atoms with Gasteiger partial charge in [0.2, 0.25) is 5.91 Å². The standard InChI is InChI=1S/C15H26N2O7S/c1-15(2,9-18)13(24-12(22)4-3-11(20)21)14(23)17-6-5-10(19)16-7-8-25/h13,18,25H,3-9H2,1-2H3,(H,16,19)(H,17,23)(H,20,21)/t13-/m0/s1. The third-order valence-electron chi connectivity index (χ3n) is 3.23. The van der Waals surface area contributed by atoms with Crippen molar-refractivity contribution in [2.45, 2.75) is 39.2 Å². The van der Waals surface area contributed by atoms with Crippen LogP contribution in [0.25, 0.3) is 0 Å². The summed E-state index contributed by atoms with van der Waals surface area (Å²) in [6.45, 7) is 3.07. The molecule has 10 heteroatoms. The molecule has 0 unspecified atom stereocenters. The molecular weight excluding hydrogens is 352 g/mol. The molecule has 0 aromatic rings. The quantitative estimate of drug-likeness (QED) is 0.224. The molecule has 0 aromatic carbocycles. The average molecular weight is 378 g/mol. The van der Waals surface area contributed by atoms with Crippen molar-refractivity contribution in [3.8, 4) is 0 Å². The number of esters is 1. The molecule has 4 N–H and O–H groups in total. The van der Waals surface area contributed by atoms with E-state index in [0.29, 0.717) is 12.3 Å². The van der Waals surface area contributed by atoms with E-state index in [2.05, 4.69) is 23.3 Å². The van der Waals surface area contributed by atoms with Gasteiger partial charge >= 0.3 is 11.9 Å². The van der Waals surface area contributed by atoms with E-state index in [1.807, 2.05) is 0 Å². The summed E-state index contributed by atoms with van der Waals surface area (Å²) in [6.07, 6.45) is -2.07. The molecule has 0 fully saturated rings. The SMILES string of the molecule is CC(C)(CO)[C@@H](OC(=O)CCC(=O)O)C(=O)NCCC(=O)NCCS. The fourth-order valence-corrected chi connectivity index (χ4v) is 1.84. The van der Waals surface area contributed by atoms with Crippen LogP contribution in [0, 0.1) is 5.41 Å². The Balaban J connectivity index is 4.66. The van der Waals surface area contributed by atoms with Gasteiger partial charge in [0, 0.05) is 30.7 Å². The number of carboxylic acid groups (broad SMARTS) is 1. The number of thiol groups is 1. The zero-order chi connectivity index (χ0) is 19.5. The molecule has 25 heavy (non-hydrogen) atoms. The van der Waals surface area contributed by atoms with Gasteiger partial charge in [-0.25, -0.2) is 0 Å². The van der Waals surface area contributed by atoms with Gasteiger partial charge in [0.25, 0.3) is 5.91 Å². The molecule has 0 saturated heterocycles. The Morgan fingerprint density at radius 3 is 2.24 bits per heavy atom. The van der Waals surface area contributed by atoms with Gasteiger partial charge in [-0.2, -0.15) is 12.6 Å². The summed E-state index contributed by atoms with van der Waals surface area (Å²) in [4.78, 5) is 45.9. The number of aliphatic hydroxyl groups is 1. The molecule has 9 nitrogen and oxygen atoms in total. The molecule has 144 valence electrons. The van der Waals surface area contributed by atoms with Crippen LogP contribution in [-0.2, 0) is 23.9 Å². The second kappa shape index (κ2) is 11.7. The van der Waals surface area contributed by atoms with Gasteiger partial charge in [-0.15, -0.1) is 0 Å². The third-order valence-corrected chi connectivity index (χ3v) is 3.46. The summed E-state index contributed by atoms with van der Waals surface area (Å²) < 4.78 is 5.06. The smallest absolute Gasteiger partial charge is 0.307 e. The summed E-state index contributed by atoms with van der Waals surface area (Å²) in [5.41, 5.74) is -1.07. The van der Waals surface area contributed by atoms with E-state index < -0.39 is 42.4 Å². The number of aliphatic hydroxyl groups excluding tert-OH is 1. The first-order chi connectivity index (χ1) is 11.6. The summed E-state index contributed by atoms with van der Waals surface area (Å²) in [5.74, 6) is -2.44. The number of ether oxygens (including phenoxy) is 1. The molecule has 0 radical (unpaired) electrons. The summed E-state index contributed by atoms with van der Waals surface area (Å²) in [7, 11) is 0. The highest BCUT2D eigenvalue weighted by atomic mass is 32.1. The van der Waals surface area contributed by atoms with E-state index in [-0.39, 0.29) is 25.3 Å². The average Bonchev–Trinajstić information content (AvgIpc) is 2.55. The zero-order valence-corrected chi connectivity index (χ0v) is 15.3. The van der Waals surface area contributed by atoms with Crippen molar-refractivity contribution in [1.29, 1.82) is 0 Å². The molecule has 2 amide bonds. The highest BCUT2D eigenvalue weighted by Gasteiger charge is 2.38. The van der Waals surface area contributed by atoms with Gasteiger partial charge < -0.3 is 25.6 Å². The van der Waals surface area contributed by atoms with Crippen LogP contribution >= 0.6 is 12.6 Å². The van der Waals surface area contributed by atoms with Crippen molar-refractivity contribution < 1.29 is 34.1 Å². The minimum atomic E-state index is -1.31. The lowest BCUT2D eigenvalue weighted by atomic mass is 9.86. The second-order valence-corrected chi connectivity index (χ2v) is 6.47. The number of amides is 2. The Morgan fingerprint density at radius 1 is 1.08 bits per heavy atom. The Hall–Kier alpha value is -1.81. The Kier molecular flexibility index (Phi) is 10.8. The van der Waals surface area contributed by atoms with Gasteiger partial charge in [-0.3, -0.25) is 19.2 Å².